The van der Waals surface area contributed by atoms with Crippen molar-refractivity contribution in [2.75, 3.05) is 19.7 Å². The quantitative estimate of drug-likeness (QED) is 0.414. The Balaban J connectivity index is 1.55. The minimum absolute atomic E-state index is 0.125. The number of carbonyl (C=O) groups is 2. The number of hydrogen-bond acceptors (Lipinski definition) is 4. The van der Waals surface area contributed by atoms with Crippen molar-refractivity contribution in [3.05, 3.63) is 87.6 Å². The Morgan fingerprint density at radius 3 is 2.60 bits per heavy atom. The molecule has 2 aromatic carbocycles. The maximum atomic E-state index is 13.8. The Kier molecular flexibility index (Phi) is 7.80. The van der Waals surface area contributed by atoms with Gasteiger partial charge in [0.1, 0.15) is 30.5 Å². The van der Waals surface area contributed by atoms with Gasteiger partial charge in [-0.1, -0.05) is 19.1 Å². The number of thiophene rings is 1. The zero-order chi connectivity index (χ0) is 24.9. The second-order valence-corrected chi connectivity index (χ2v) is 9.62. The van der Waals surface area contributed by atoms with Gasteiger partial charge in [0, 0.05) is 29.1 Å². The maximum absolute atomic E-state index is 13.8. The van der Waals surface area contributed by atoms with Gasteiger partial charge >= 0.3 is 0 Å². The fourth-order valence-corrected chi connectivity index (χ4v) is 5.21. The highest BCUT2D eigenvalue weighted by Crippen LogP contribution is 2.34. The van der Waals surface area contributed by atoms with E-state index in [1.807, 2.05) is 25.3 Å². The Morgan fingerprint density at radius 1 is 1.14 bits per heavy atom. The molecule has 35 heavy (non-hydrogen) atoms. The van der Waals surface area contributed by atoms with Crippen molar-refractivity contribution in [2.24, 2.45) is 0 Å². The molecule has 0 fully saturated rings. The van der Waals surface area contributed by atoms with Gasteiger partial charge in [-0.25, -0.2) is 8.78 Å². The molecule has 8 heteroatoms. The SMILES string of the molecule is CC[C@H](C)N(CC(=O)N1CCc2sccc2[C@H]1COc1cccc(F)c1)C(=O)c1cccc(F)c1. The van der Waals surface area contributed by atoms with Crippen molar-refractivity contribution in [1.29, 1.82) is 0 Å². The number of halogens is 2. The highest BCUT2D eigenvalue weighted by atomic mass is 32.1. The van der Waals surface area contributed by atoms with Crippen LogP contribution in [0.15, 0.2) is 60.0 Å². The molecule has 0 bridgehead atoms. The van der Waals surface area contributed by atoms with E-state index in [1.54, 1.807) is 34.4 Å². The highest BCUT2D eigenvalue weighted by molar-refractivity contribution is 7.10. The van der Waals surface area contributed by atoms with Crippen molar-refractivity contribution >= 4 is 23.2 Å². The summed E-state index contributed by atoms with van der Waals surface area (Å²) in [7, 11) is 0. The van der Waals surface area contributed by atoms with Gasteiger partial charge in [0.15, 0.2) is 0 Å². The third-order valence-corrected chi connectivity index (χ3v) is 7.38. The van der Waals surface area contributed by atoms with Crippen LogP contribution in [0.4, 0.5) is 8.78 Å². The first-order valence-electron chi connectivity index (χ1n) is 11.7. The van der Waals surface area contributed by atoms with Crippen LogP contribution in [0, 0.1) is 11.6 Å². The van der Waals surface area contributed by atoms with Gasteiger partial charge in [-0.15, -0.1) is 11.3 Å². The smallest absolute Gasteiger partial charge is 0.254 e. The van der Waals surface area contributed by atoms with Gasteiger partial charge in [0.25, 0.3) is 5.91 Å². The van der Waals surface area contributed by atoms with Crippen LogP contribution >= 0.6 is 11.3 Å². The maximum Gasteiger partial charge on any atom is 0.254 e. The number of carbonyl (C=O) groups excluding carboxylic acids is 2. The van der Waals surface area contributed by atoms with Crippen LogP contribution in [0.5, 0.6) is 5.75 Å². The largest absolute Gasteiger partial charge is 0.491 e. The van der Waals surface area contributed by atoms with Crippen molar-refractivity contribution < 1.29 is 23.1 Å². The van der Waals surface area contributed by atoms with E-state index in [9.17, 15) is 18.4 Å². The fraction of sp³-hybridized carbons (Fsp3) is 0.333. The van der Waals surface area contributed by atoms with Crippen LogP contribution < -0.4 is 4.74 Å². The summed E-state index contributed by atoms with van der Waals surface area (Å²) >= 11 is 1.64. The van der Waals surface area contributed by atoms with E-state index < -0.39 is 11.6 Å². The number of amides is 2. The van der Waals surface area contributed by atoms with Crippen molar-refractivity contribution in [3.8, 4) is 5.75 Å². The van der Waals surface area contributed by atoms with Crippen LogP contribution in [0.1, 0.15) is 47.1 Å². The predicted octanol–water partition coefficient (Wildman–Crippen LogP) is 5.47. The molecule has 1 aromatic heterocycles. The van der Waals surface area contributed by atoms with E-state index in [4.69, 9.17) is 4.74 Å². The van der Waals surface area contributed by atoms with Gasteiger partial charge in [-0.2, -0.15) is 0 Å². The number of nitrogens with zero attached hydrogens (tertiary/aromatic N) is 2. The molecule has 0 saturated carbocycles. The van der Waals surface area contributed by atoms with E-state index in [0.29, 0.717) is 18.7 Å². The van der Waals surface area contributed by atoms with E-state index in [0.717, 1.165) is 12.0 Å². The molecular formula is C27H28F2N2O3S. The molecule has 0 unspecified atom stereocenters. The van der Waals surface area contributed by atoms with Gasteiger partial charge in [0.2, 0.25) is 5.91 Å². The monoisotopic (exact) mass is 498 g/mol. The van der Waals surface area contributed by atoms with E-state index in [-0.39, 0.29) is 42.6 Å². The standard InChI is InChI=1S/C27H28F2N2O3S/c1-3-18(2)31(27(33)19-6-4-7-20(28)14-19)16-26(32)30-12-10-25-23(11-13-35-25)24(30)17-34-22-9-5-8-21(29)15-22/h4-9,11,13-15,18,24H,3,10,12,16-17H2,1-2H3/t18-,24+/m0/s1. The molecule has 5 nitrogen and oxygen atoms in total. The van der Waals surface area contributed by atoms with E-state index >= 15 is 0 Å². The summed E-state index contributed by atoms with van der Waals surface area (Å²) in [5.41, 5.74) is 1.22. The molecule has 3 aromatic rings. The zero-order valence-electron chi connectivity index (χ0n) is 19.7. The molecule has 1 aliphatic heterocycles. The molecule has 0 aliphatic carbocycles. The average molecular weight is 499 g/mol. The molecule has 0 saturated heterocycles. The Morgan fingerprint density at radius 2 is 1.89 bits per heavy atom. The summed E-state index contributed by atoms with van der Waals surface area (Å²) in [6.45, 7) is 4.35. The third kappa shape index (κ3) is 5.70. The molecule has 0 spiro atoms. The number of rotatable bonds is 8. The Hall–Kier alpha value is -3.26. The average Bonchev–Trinajstić information content (AvgIpc) is 3.34. The molecule has 0 N–H and O–H groups in total. The Labute approximate surface area is 207 Å². The summed E-state index contributed by atoms with van der Waals surface area (Å²) in [5, 5.41) is 1.99. The van der Waals surface area contributed by atoms with Gasteiger partial charge in [0.05, 0.1) is 6.04 Å². The topological polar surface area (TPSA) is 49.9 Å². The van der Waals surface area contributed by atoms with Crippen LogP contribution in [-0.4, -0.2) is 47.4 Å². The summed E-state index contributed by atoms with van der Waals surface area (Å²) in [5.74, 6) is -1.09. The van der Waals surface area contributed by atoms with Gasteiger partial charge < -0.3 is 14.5 Å². The lowest BCUT2D eigenvalue weighted by molar-refractivity contribution is -0.136. The Bertz CT molecular complexity index is 1200. The van der Waals surface area contributed by atoms with E-state index in [2.05, 4.69) is 0 Å². The van der Waals surface area contributed by atoms with Crippen molar-refractivity contribution in [2.45, 2.75) is 38.8 Å². The van der Waals surface area contributed by atoms with Crippen LogP contribution in [-0.2, 0) is 11.2 Å². The second kappa shape index (κ2) is 11.0. The van der Waals surface area contributed by atoms with Gasteiger partial charge in [-0.05, 0) is 67.1 Å². The first-order valence-corrected chi connectivity index (χ1v) is 12.6. The lowest BCUT2D eigenvalue weighted by atomic mass is 10.00. The molecule has 2 atom stereocenters. The molecule has 184 valence electrons. The number of benzene rings is 2. The molecule has 2 heterocycles. The molecule has 0 radical (unpaired) electrons. The van der Waals surface area contributed by atoms with Crippen molar-refractivity contribution in [1.82, 2.24) is 9.80 Å². The summed E-state index contributed by atoms with van der Waals surface area (Å²) in [6, 6.07) is 12.8. The summed E-state index contributed by atoms with van der Waals surface area (Å²) in [4.78, 5) is 31.2. The minimum atomic E-state index is -0.498. The molecule has 1 aliphatic rings. The predicted molar refractivity (Wildman–Crippen MR) is 132 cm³/mol. The van der Waals surface area contributed by atoms with Crippen molar-refractivity contribution in [3.63, 3.8) is 0 Å². The van der Waals surface area contributed by atoms with Gasteiger partial charge in [-0.3, -0.25) is 9.59 Å². The lowest BCUT2D eigenvalue weighted by Gasteiger charge is -2.38. The first kappa shape index (κ1) is 24.9. The summed E-state index contributed by atoms with van der Waals surface area (Å²) in [6.07, 6.45) is 1.37. The summed E-state index contributed by atoms with van der Waals surface area (Å²) < 4.78 is 33.3. The first-order chi connectivity index (χ1) is 16.9. The highest BCUT2D eigenvalue weighted by Gasteiger charge is 2.34. The number of ether oxygens (including phenoxy) is 1. The molecule has 2 amide bonds. The lowest BCUT2D eigenvalue weighted by Crippen LogP contribution is -2.49. The minimum Gasteiger partial charge on any atom is -0.491 e. The van der Waals surface area contributed by atoms with Crippen LogP contribution in [0.2, 0.25) is 0 Å². The second-order valence-electron chi connectivity index (χ2n) is 8.62. The molecule has 4 rings (SSSR count). The third-order valence-electron chi connectivity index (χ3n) is 6.38. The van der Waals surface area contributed by atoms with E-state index in [1.165, 1.54) is 40.1 Å². The molecular weight excluding hydrogens is 470 g/mol. The number of hydrogen-bond donors (Lipinski definition) is 0. The normalized spacial score (nSPS) is 15.9. The zero-order valence-corrected chi connectivity index (χ0v) is 20.6. The fourth-order valence-electron chi connectivity index (χ4n) is 4.28. The number of fused-ring (bicyclic) bond motifs is 1. The van der Waals surface area contributed by atoms with Crippen LogP contribution in [0.25, 0.3) is 0 Å². The van der Waals surface area contributed by atoms with Crippen LogP contribution in [0.3, 0.4) is 0 Å².